The molecule has 2 rings (SSSR count). The summed E-state index contributed by atoms with van der Waals surface area (Å²) in [4.78, 5) is 20.9. The molecule has 1 aliphatic heterocycles. The Hall–Kier alpha value is -2.08. The highest BCUT2D eigenvalue weighted by Crippen LogP contribution is 2.15. The maximum atomic E-state index is 12.1. The summed E-state index contributed by atoms with van der Waals surface area (Å²) in [6.45, 7) is 6.93. The van der Waals surface area contributed by atoms with E-state index < -0.39 is 0 Å². The highest BCUT2D eigenvalue weighted by molar-refractivity contribution is 5.94. The van der Waals surface area contributed by atoms with Gasteiger partial charge in [0, 0.05) is 45.8 Å². The number of amides is 1. The summed E-state index contributed by atoms with van der Waals surface area (Å²) in [7, 11) is 5.74. The van der Waals surface area contributed by atoms with Crippen molar-refractivity contribution in [2.75, 3.05) is 53.9 Å². The predicted molar refractivity (Wildman–Crippen MR) is 112 cm³/mol. The number of hydrogen-bond acceptors (Lipinski definition) is 3. The Morgan fingerprint density at radius 1 is 1.33 bits per heavy atom. The van der Waals surface area contributed by atoms with Gasteiger partial charge < -0.3 is 20.4 Å². The molecule has 150 valence electrons. The number of guanidine groups is 1. The van der Waals surface area contributed by atoms with Gasteiger partial charge in [-0.05, 0) is 63.4 Å². The molecule has 0 radical (unpaired) electrons. The van der Waals surface area contributed by atoms with Crippen LogP contribution in [-0.4, -0.2) is 75.5 Å². The van der Waals surface area contributed by atoms with E-state index in [9.17, 15) is 4.79 Å². The molecule has 2 N–H and O–H groups in total. The van der Waals surface area contributed by atoms with Gasteiger partial charge in [0.2, 0.25) is 0 Å². The van der Waals surface area contributed by atoms with Crippen molar-refractivity contribution in [2.45, 2.75) is 26.2 Å². The first kappa shape index (κ1) is 21.2. The van der Waals surface area contributed by atoms with Crippen LogP contribution in [0.3, 0.4) is 0 Å². The van der Waals surface area contributed by atoms with Crippen molar-refractivity contribution in [3.8, 4) is 0 Å². The predicted octanol–water partition coefficient (Wildman–Crippen LogP) is 1.83. The number of rotatable bonds is 7. The van der Waals surface area contributed by atoms with Crippen molar-refractivity contribution in [1.82, 2.24) is 20.4 Å². The lowest BCUT2D eigenvalue weighted by Gasteiger charge is -2.28. The summed E-state index contributed by atoms with van der Waals surface area (Å²) in [5.74, 6) is 1.57. The smallest absolute Gasteiger partial charge is 0.253 e. The molecule has 1 aliphatic rings. The van der Waals surface area contributed by atoms with Gasteiger partial charge in [-0.3, -0.25) is 9.79 Å². The third kappa shape index (κ3) is 7.21. The summed E-state index contributed by atoms with van der Waals surface area (Å²) in [5.41, 5.74) is 1.89. The van der Waals surface area contributed by atoms with Gasteiger partial charge in [0.25, 0.3) is 5.91 Å². The van der Waals surface area contributed by atoms with Gasteiger partial charge in [0.05, 0.1) is 0 Å². The average Bonchev–Trinajstić information content (AvgIpc) is 2.65. The van der Waals surface area contributed by atoms with E-state index in [1.165, 1.54) is 19.4 Å². The summed E-state index contributed by atoms with van der Waals surface area (Å²) in [6.07, 6.45) is 3.38. The Kier molecular flexibility index (Phi) is 8.58. The van der Waals surface area contributed by atoms with Crippen molar-refractivity contribution < 1.29 is 4.79 Å². The molecule has 1 fully saturated rings. The third-order valence-corrected chi connectivity index (χ3v) is 4.86. The molecule has 1 aromatic rings. The monoisotopic (exact) mass is 373 g/mol. The van der Waals surface area contributed by atoms with Crippen LogP contribution in [0.15, 0.2) is 29.3 Å². The molecule has 0 spiro atoms. The minimum absolute atomic E-state index is 0.0390. The topological polar surface area (TPSA) is 60.0 Å². The van der Waals surface area contributed by atoms with Gasteiger partial charge in [0.1, 0.15) is 0 Å². The first-order valence-electron chi connectivity index (χ1n) is 10.0. The zero-order chi connectivity index (χ0) is 19.6. The summed E-state index contributed by atoms with van der Waals surface area (Å²) < 4.78 is 0. The fraction of sp³-hybridized carbons (Fsp3) is 0.619. The minimum atomic E-state index is 0.0390. The number of carbonyl (C=O) groups excluding carboxylic acids is 1. The quantitative estimate of drug-likeness (QED) is 0.565. The van der Waals surface area contributed by atoms with Gasteiger partial charge in [-0.2, -0.15) is 0 Å². The Morgan fingerprint density at radius 3 is 2.85 bits per heavy atom. The fourth-order valence-electron chi connectivity index (χ4n) is 3.43. The van der Waals surface area contributed by atoms with Crippen molar-refractivity contribution >= 4 is 11.9 Å². The van der Waals surface area contributed by atoms with Crippen molar-refractivity contribution in [2.24, 2.45) is 10.9 Å². The molecule has 1 unspecified atom stereocenters. The second-order valence-corrected chi connectivity index (χ2v) is 7.57. The molecule has 0 bridgehead atoms. The van der Waals surface area contributed by atoms with Gasteiger partial charge in [-0.1, -0.05) is 12.1 Å². The van der Waals surface area contributed by atoms with Crippen LogP contribution < -0.4 is 10.6 Å². The standard InChI is InChI=1S/C21H35N5O/c1-5-22-21(24-15-18-9-7-13-26(4)16-18)23-12-11-17-8-6-10-19(14-17)20(27)25(2)3/h6,8,10,14,18H,5,7,9,11-13,15-16H2,1-4H3,(H2,22,23,24). The molecule has 1 heterocycles. The number of carbonyl (C=O) groups is 1. The second-order valence-electron chi connectivity index (χ2n) is 7.57. The Labute approximate surface area is 164 Å². The Bertz CT molecular complexity index is 629. The van der Waals surface area contributed by atoms with Crippen molar-refractivity contribution in [3.05, 3.63) is 35.4 Å². The zero-order valence-corrected chi connectivity index (χ0v) is 17.3. The lowest BCUT2D eigenvalue weighted by atomic mass is 9.99. The molecule has 0 aromatic heterocycles. The summed E-state index contributed by atoms with van der Waals surface area (Å²) >= 11 is 0. The van der Waals surface area contributed by atoms with E-state index in [4.69, 9.17) is 4.99 Å². The third-order valence-electron chi connectivity index (χ3n) is 4.86. The Balaban J connectivity index is 1.86. The molecule has 6 heteroatoms. The van der Waals surface area contributed by atoms with Crippen LogP contribution in [0.2, 0.25) is 0 Å². The van der Waals surface area contributed by atoms with Crippen LogP contribution in [0, 0.1) is 5.92 Å². The van der Waals surface area contributed by atoms with E-state index in [0.29, 0.717) is 5.92 Å². The van der Waals surface area contributed by atoms with E-state index >= 15 is 0 Å². The molecular formula is C21H35N5O. The number of piperidine rings is 1. The van der Waals surface area contributed by atoms with Crippen LogP contribution in [-0.2, 0) is 6.42 Å². The van der Waals surface area contributed by atoms with Crippen LogP contribution in [0.4, 0.5) is 0 Å². The average molecular weight is 374 g/mol. The molecule has 0 saturated carbocycles. The van der Waals surface area contributed by atoms with Crippen LogP contribution in [0.25, 0.3) is 0 Å². The summed E-state index contributed by atoms with van der Waals surface area (Å²) in [5, 5.41) is 6.75. The zero-order valence-electron chi connectivity index (χ0n) is 17.3. The van der Waals surface area contributed by atoms with Gasteiger partial charge >= 0.3 is 0 Å². The normalized spacial score (nSPS) is 18.2. The number of aliphatic imine (C=N–C) groups is 1. The van der Waals surface area contributed by atoms with Crippen molar-refractivity contribution in [1.29, 1.82) is 0 Å². The van der Waals surface area contributed by atoms with Gasteiger partial charge in [0.15, 0.2) is 5.96 Å². The molecule has 1 saturated heterocycles. The van der Waals surface area contributed by atoms with E-state index in [0.717, 1.165) is 49.7 Å². The molecule has 1 amide bonds. The number of benzene rings is 1. The molecular weight excluding hydrogens is 338 g/mol. The molecule has 27 heavy (non-hydrogen) atoms. The van der Waals surface area contributed by atoms with Crippen LogP contribution >= 0.6 is 0 Å². The van der Waals surface area contributed by atoms with Crippen LogP contribution in [0.5, 0.6) is 0 Å². The SMILES string of the molecule is CCNC(=NCC1CCCN(C)C1)NCCc1cccc(C(=O)N(C)C)c1. The number of nitrogens with zero attached hydrogens (tertiary/aromatic N) is 3. The maximum absolute atomic E-state index is 12.1. The van der Waals surface area contributed by atoms with Gasteiger partial charge in [-0.25, -0.2) is 0 Å². The first-order chi connectivity index (χ1) is 13.0. The molecule has 1 atom stereocenters. The Morgan fingerprint density at radius 2 is 2.15 bits per heavy atom. The number of hydrogen-bond donors (Lipinski definition) is 2. The largest absolute Gasteiger partial charge is 0.357 e. The number of nitrogens with one attached hydrogen (secondary N) is 2. The van der Waals surface area contributed by atoms with E-state index in [1.54, 1.807) is 19.0 Å². The number of likely N-dealkylation sites (tertiary alicyclic amines) is 1. The highest BCUT2D eigenvalue weighted by atomic mass is 16.2. The first-order valence-corrected chi connectivity index (χ1v) is 10.0. The van der Waals surface area contributed by atoms with E-state index in [2.05, 4.69) is 35.6 Å². The molecule has 6 nitrogen and oxygen atoms in total. The van der Waals surface area contributed by atoms with E-state index in [-0.39, 0.29) is 5.91 Å². The summed E-state index contributed by atoms with van der Waals surface area (Å²) in [6, 6.07) is 7.86. The maximum Gasteiger partial charge on any atom is 0.253 e. The fourth-order valence-corrected chi connectivity index (χ4v) is 3.43. The van der Waals surface area contributed by atoms with Crippen molar-refractivity contribution in [3.63, 3.8) is 0 Å². The van der Waals surface area contributed by atoms with Crippen LogP contribution in [0.1, 0.15) is 35.7 Å². The molecule has 0 aliphatic carbocycles. The minimum Gasteiger partial charge on any atom is -0.357 e. The van der Waals surface area contributed by atoms with E-state index in [1.807, 2.05) is 18.2 Å². The molecule has 1 aromatic carbocycles. The highest BCUT2D eigenvalue weighted by Gasteiger charge is 2.16. The second kappa shape index (κ2) is 10.9. The van der Waals surface area contributed by atoms with Gasteiger partial charge in [-0.15, -0.1) is 0 Å². The lowest BCUT2D eigenvalue weighted by Crippen LogP contribution is -2.39. The lowest BCUT2D eigenvalue weighted by molar-refractivity contribution is 0.0827.